The topological polar surface area (TPSA) is 69.6 Å². The molecule has 1 aromatic rings. The summed E-state index contributed by atoms with van der Waals surface area (Å²) in [5.74, 6) is -1.18. The number of carboxylic acids is 1. The number of benzene rings is 1. The second kappa shape index (κ2) is 7.11. The summed E-state index contributed by atoms with van der Waals surface area (Å²) < 4.78 is 0. The predicted molar refractivity (Wildman–Crippen MR) is 84.7 cm³/mol. The number of hydrogen-bond donors (Lipinski definition) is 2. The van der Waals surface area contributed by atoms with Crippen molar-refractivity contribution in [3.63, 3.8) is 0 Å². The Morgan fingerprint density at radius 1 is 1.19 bits per heavy atom. The van der Waals surface area contributed by atoms with Crippen molar-refractivity contribution < 1.29 is 14.7 Å². The second-order valence-corrected chi connectivity index (χ2v) is 5.43. The summed E-state index contributed by atoms with van der Waals surface area (Å²) in [7, 11) is 3.79. The molecule has 0 aromatic heterocycles. The molecule has 0 bridgehead atoms. The Kier molecular flexibility index (Phi) is 5.76. The van der Waals surface area contributed by atoms with E-state index in [1.807, 2.05) is 43.3 Å². The van der Waals surface area contributed by atoms with E-state index in [-0.39, 0.29) is 12.3 Å². The van der Waals surface area contributed by atoms with Gasteiger partial charge in [-0.15, -0.1) is 0 Å². The number of amides is 1. The van der Waals surface area contributed by atoms with Crippen molar-refractivity contribution in [1.82, 2.24) is 0 Å². The van der Waals surface area contributed by atoms with Gasteiger partial charge in [0.05, 0.1) is 16.8 Å². The third kappa shape index (κ3) is 3.97. The van der Waals surface area contributed by atoms with Gasteiger partial charge in [-0.05, 0) is 25.0 Å². The normalized spacial score (nSPS) is 11.0. The number of rotatable bonds is 7. The first-order chi connectivity index (χ1) is 9.86. The summed E-state index contributed by atoms with van der Waals surface area (Å²) in [5.41, 5.74) is 0.593. The van der Waals surface area contributed by atoms with Crippen LogP contribution in [0.5, 0.6) is 0 Å². The van der Waals surface area contributed by atoms with E-state index in [4.69, 9.17) is 0 Å². The Morgan fingerprint density at radius 3 is 2.24 bits per heavy atom. The molecule has 0 spiro atoms. The number of nitrogens with zero attached hydrogens (tertiary/aromatic N) is 1. The summed E-state index contributed by atoms with van der Waals surface area (Å²) in [5, 5.41) is 12.2. The molecule has 21 heavy (non-hydrogen) atoms. The Labute approximate surface area is 126 Å². The molecule has 0 aliphatic carbocycles. The highest BCUT2D eigenvalue weighted by Crippen LogP contribution is 2.32. The summed E-state index contributed by atoms with van der Waals surface area (Å²) in [6, 6.07) is 7.45. The van der Waals surface area contributed by atoms with Crippen molar-refractivity contribution in [2.45, 2.75) is 33.1 Å². The number of carbonyl (C=O) groups excluding carboxylic acids is 1. The van der Waals surface area contributed by atoms with Crippen molar-refractivity contribution in [1.29, 1.82) is 0 Å². The van der Waals surface area contributed by atoms with Gasteiger partial charge in [0, 0.05) is 20.5 Å². The minimum Gasteiger partial charge on any atom is -0.481 e. The number of hydrogen-bond acceptors (Lipinski definition) is 3. The quantitative estimate of drug-likeness (QED) is 0.810. The first-order valence-electron chi connectivity index (χ1n) is 7.16. The molecule has 0 unspecified atom stereocenters. The minimum absolute atomic E-state index is 0.0168. The Morgan fingerprint density at radius 2 is 1.76 bits per heavy atom. The van der Waals surface area contributed by atoms with Gasteiger partial charge in [-0.2, -0.15) is 0 Å². The van der Waals surface area contributed by atoms with Crippen molar-refractivity contribution in [3.05, 3.63) is 24.3 Å². The van der Waals surface area contributed by atoms with Crippen molar-refractivity contribution in [2.75, 3.05) is 24.3 Å². The predicted octanol–water partition coefficient (Wildman–Crippen LogP) is 2.97. The van der Waals surface area contributed by atoms with Gasteiger partial charge in [0.15, 0.2) is 0 Å². The van der Waals surface area contributed by atoms with Crippen LogP contribution in [0.1, 0.15) is 33.1 Å². The molecule has 1 rings (SSSR count). The van der Waals surface area contributed by atoms with Crippen LogP contribution >= 0.6 is 0 Å². The molecule has 0 radical (unpaired) electrons. The first-order valence-corrected chi connectivity index (χ1v) is 7.16. The molecule has 0 heterocycles. The second-order valence-electron chi connectivity index (χ2n) is 5.43. The lowest BCUT2D eigenvalue weighted by Gasteiger charge is -2.26. The molecule has 0 saturated carbocycles. The lowest BCUT2D eigenvalue weighted by atomic mass is 9.79. The SMILES string of the molecule is CCC(CC)(CC(=O)Nc1ccccc1N(C)C)C(=O)O. The van der Waals surface area contributed by atoms with Gasteiger partial charge in [-0.1, -0.05) is 26.0 Å². The summed E-state index contributed by atoms with van der Waals surface area (Å²) in [4.78, 5) is 25.6. The van der Waals surface area contributed by atoms with E-state index in [0.29, 0.717) is 18.5 Å². The van der Waals surface area contributed by atoms with E-state index < -0.39 is 11.4 Å². The molecule has 116 valence electrons. The third-order valence-electron chi connectivity index (χ3n) is 3.97. The molecular weight excluding hydrogens is 268 g/mol. The Hall–Kier alpha value is -2.04. The van der Waals surface area contributed by atoms with Crippen LogP contribution in [-0.2, 0) is 9.59 Å². The van der Waals surface area contributed by atoms with Gasteiger partial charge in [0.25, 0.3) is 0 Å². The van der Waals surface area contributed by atoms with Crippen molar-refractivity contribution in [3.8, 4) is 0 Å². The molecule has 2 N–H and O–H groups in total. The first kappa shape index (κ1) is 17.0. The minimum atomic E-state index is -0.989. The molecular formula is C16H24N2O3. The van der Waals surface area contributed by atoms with Crippen LogP contribution in [0, 0.1) is 5.41 Å². The van der Waals surface area contributed by atoms with Crippen LogP contribution in [-0.4, -0.2) is 31.1 Å². The van der Waals surface area contributed by atoms with E-state index in [2.05, 4.69) is 5.32 Å². The molecule has 0 saturated heterocycles. The van der Waals surface area contributed by atoms with Gasteiger partial charge in [-0.25, -0.2) is 0 Å². The number of carboxylic acid groups (broad SMARTS) is 1. The fourth-order valence-electron chi connectivity index (χ4n) is 2.35. The van der Waals surface area contributed by atoms with Crippen molar-refractivity contribution in [2.24, 2.45) is 5.41 Å². The fourth-order valence-corrected chi connectivity index (χ4v) is 2.35. The van der Waals surface area contributed by atoms with E-state index in [0.717, 1.165) is 5.69 Å². The maximum Gasteiger partial charge on any atom is 0.310 e. The number of anilines is 2. The van der Waals surface area contributed by atoms with Crippen molar-refractivity contribution >= 4 is 23.3 Å². The zero-order valence-electron chi connectivity index (χ0n) is 13.1. The van der Waals surface area contributed by atoms with Crippen LogP contribution in [0.15, 0.2) is 24.3 Å². The van der Waals surface area contributed by atoms with Gasteiger partial charge in [-0.3, -0.25) is 9.59 Å². The van der Waals surface area contributed by atoms with E-state index in [9.17, 15) is 14.7 Å². The average molecular weight is 292 g/mol. The van der Waals surface area contributed by atoms with Gasteiger partial charge in [0.1, 0.15) is 0 Å². The molecule has 5 nitrogen and oxygen atoms in total. The highest BCUT2D eigenvalue weighted by Gasteiger charge is 2.37. The molecule has 1 aromatic carbocycles. The highest BCUT2D eigenvalue weighted by atomic mass is 16.4. The van der Waals surface area contributed by atoms with Gasteiger partial charge in [0.2, 0.25) is 5.91 Å². The summed E-state index contributed by atoms with van der Waals surface area (Å²) in [6.07, 6.45) is 0.847. The smallest absolute Gasteiger partial charge is 0.310 e. The number of nitrogens with one attached hydrogen (secondary N) is 1. The largest absolute Gasteiger partial charge is 0.481 e. The maximum atomic E-state index is 12.2. The monoisotopic (exact) mass is 292 g/mol. The fraction of sp³-hybridized carbons (Fsp3) is 0.500. The van der Waals surface area contributed by atoms with Crippen LogP contribution < -0.4 is 10.2 Å². The van der Waals surface area contributed by atoms with E-state index in [1.165, 1.54) is 0 Å². The van der Waals surface area contributed by atoms with Crippen LogP contribution in [0.25, 0.3) is 0 Å². The molecule has 0 aliphatic rings. The molecule has 1 amide bonds. The standard InChI is InChI=1S/C16H24N2O3/c1-5-16(6-2,15(20)21)11-14(19)17-12-9-7-8-10-13(12)18(3)4/h7-10H,5-6,11H2,1-4H3,(H,17,19)(H,20,21). The molecule has 0 atom stereocenters. The molecule has 0 aliphatic heterocycles. The Balaban J connectivity index is 2.90. The van der Waals surface area contributed by atoms with Gasteiger partial charge >= 0.3 is 5.97 Å². The average Bonchev–Trinajstić information content (AvgIpc) is 2.44. The van der Waals surface area contributed by atoms with E-state index >= 15 is 0 Å². The number of carbonyl (C=O) groups is 2. The third-order valence-corrected chi connectivity index (χ3v) is 3.97. The van der Waals surface area contributed by atoms with Crippen LogP contribution in [0.3, 0.4) is 0 Å². The van der Waals surface area contributed by atoms with E-state index in [1.54, 1.807) is 13.8 Å². The highest BCUT2D eigenvalue weighted by molar-refractivity contribution is 5.96. The summed E-state index contributed by atoms with van der Waals surface area (Å²) >= 11 is 0. The maximum absolute atomic E-state index is 12.2. The number of aliphatic carboxylic acids is 1. The zero-order chi connectivity index (χ0) is 16.0. The Bertz CT molecular complexity index is 508. The van der Waals surface area contributed by atoms with Crippen LogP contribution in [0.2, 0.25) is 0 Å². The zero-order valence-corrected chi connectivity index (χ0v) is 13.1. The molecule has 5 heteroatoms. The lowest BCUT2D eigenvalue weighted by molar-refractivity contribution is -0.151. The lowest BCUT2D eigenvalue weighted by Crippen LogP contribution is -2.34. The molecule has 0 fully saturated rings. The van der Waals surface area contributed by atoms with Crippen LogP contribution in [0.4, 0.5) is 11.4 Å². The number of para-hydroxylation sites is 2. The van der Waals surface area contributed by atoms with Gasteiger partial charge < -0.3 is 15.3 Å². The summed E-state index contributed by atoms with van der Waals surface area (Å²) in [6.45, 7) is 3.61.